The van der Waals surface area contributed by atoms with Gasteiger partial charge in [-0.15, -0.1) is 6.58 Å². The van der Waals surface area contributed by atoms with E-state index in [9.17, 15) is 0 Å². The van der Waals surface area contributed by atoms with Crippen LogP contribution in [0.3, 0.4) is 0 Å². The zero-order chi connectivity index (χ0) is 24.4. The summed E-state index contributed by atoms with van der Waals surface area (Å²) in [5, 5.41) is 17.6. The summed E-state index contributed by atoms with van der Waals surface area (Å²) >= 11 is 0. The van der Waals surface area contributed by atoms with Crippen LogP contribution in [0.15, 0.2) is 55.6 Å². The lowest BCUT2D eigenvalue weighted by Crippen LogP contribution is -2.06. The maximum absolute atomic E-state index is 8.90. The lowest BCUT2D eigenvalue weighted by atomic mass is 10.0. The van der Waals surface area contributed by atoms with Gasteiger partial charge in [0, 0.05) is 24.9 Å². The molecule has 0 fully saturated rings. The van der Waals surface area contributed by atoms with Crippen LogP contribution in [0, 0.1) is 29.6 Å². The van der Waals surface area contributed by atoms with Gasteiger partial charge in [0.15, 0.2) is 0 Å². The third kappa shape index (κ3) is 8.93. The van der Waals surface area contributed by atoms with Gasteiger partial charge in [-0.25, -0.2) is 0 Å². The molecule has 0 bridgehead atoms. The first-order valence-electron chi connectivity index (χ1n) is 10.9. The normalized spacial score (nSPS) is 10.0. The Balaban J connectivity index is 0. The Labute approximate surface area is 191 Å². The SMILES string of the molecule is C=C1c2c(C#N)cccc2CN1C.C=CC.CC.CC.CCc1c(C)cccc1C#N. The largest absolute Gasteiger partial charge is 0.370 e. The molecule has 3 heteroatoms. The van der Waals surface area contributed by atoms with Crippen molar-refractivity contribution in [2.24, 2.45) is 0 Å². The summed E-state index contributed by atoms with van der Waals surface area (Å²) in [6.07, 6.45) is 2.69. The van der Waals surface area contributed by atoms with Crippen molar-refractivity contribution in [1.29, 1.82) is 10.5 Å². The van der Waals surface area contributed by atoms with E-state index < -0.39 is 0 Å². The molecule has 3 rings (SSSR count). The van der Waals surface area contributed by atoms with Crippen molar-refractivity contribution in [1.82, 2.24) is 4.90 Å². The summed E-state index contributed by atoms with van der Waals surface area (Å²) in [7, 11) is 1.99. The van der Waals surface area contributed by atoms with E-state index >= 15 is 0 Å². The van der Waals surface area contributed by atoms with Crippen LogP contribution in [-0.4, -0.2) is 11.9 Å². The second-order valence-corrected chi connectivity index (χ2v) is 6.23. The molecule has 0 radical (unpaired) electrons. The number of nitrogens with zero attached hydrogens (tertiary/aromatic N) is 3. The summed E-state index contributed by atoms with van der Waals surface area (Å²) < 4.78 is 0. The topological polar surface area (TPSA) is 50.8 Å². The molecule has 31 heavy (non-hydrogen) atoms. The highest BCUT2D eigenvalue weighted by molar-refractivity contribution is 5.73. The summed E-state index contributed by atoms with van der Waals surface area (Å²) in [6, 6.07) is 16.0. The Kier molecular flexibility index (Phi) is 16.9. The van der Waals surface area contributed by atoms with Crippen LogP contribution in [0.4, 0.5) is 0 Å². The van der Waals surface area contributed by atoms with Gasteiger partial charge in [-0.05, 0) is 49.1 Å². The van der Waals surface area contributed by atoms with Crippen LogP contribution >= 0.6 is 0 Å². The molecule has 0 saturated carbocycles. The highest BCUT2D eigenvalue weighted by atomic mass is 15.1. The summed E-state index contributed by atoms with van der Waals surface area (Å²) in [5.74, 6) is 0. The number of fused-ring (bicyclic) bond motifs is 1. The van der Waals surface area contributed by atoms with Crippen LogP contribution in [0.2, 0.25) is 0 Å². The van der Waals surface area contributed by atoms with Gasteiger partial charge in [0.25, 0.3) is 0 Å². The molecule has 166 valence electrons. The number of aryl methyl sites for hydroxylation is 1. The molecule has 0 aliphatic carbocycles. The number of allylic oxidation sites excluding steroid dienone is 1. The standard InChI is InChI=1S/C11H10N2.C10H11N.C3H6.2C2H6/c1-8-11-9(6-12)4-3-5-10(11)7-13(8)2;1-3-10-8(2)5-4-6-9(10)7-11;1-3-2;2*1-2/h3-5H,1,7H2,2H3;4-6H,3H2,1-2H3;3H,1H2,2H3;2*1-2H3. The Morgan fingerprint density at radius 2 is 1.48 bits per heavy atom. The van der Waals surface area contributed by atoms with E-state index in [2.05, 4.69) is 37.1 Å². The molecule has 2 aromatic carbocycles. The van der Waals surface area contributed by atoms with Gasteiger partial charge in [-0.2, -0.15) is 10.5 Å². The molecule has 0 N–H and O–H groups in total. The van der Waals surface area contributed by atoms with E-state index in [-0.39, 0.29) is 0 Å². The molecule has 0 aromatic heterocycles. The molecular weight excluding hydrogens is 378 g/mol. The monoisotopic (exact) mass is 417 g/mol. The highest BCUT2D eigenvalue weighted by Gasteiger charge is 2.21. The van der Waals surface area contributed by atoms with Gasteiger partial charge in [0.1, 0.15) is 0 Å². The molecule has 1 aliphatic heterocycles. The van der Waals surface area contributed by atoms with Crippen molar-refractivity contribution < 1.29 is 0 Å². The van der Waals surface area contributed by atoms with Crippen molar-refractivity contribution in [3.8, 4) is 12.1 Å². The molecule has 1 aliphatic rings. The molecule has 0 amide bonds. The number of rotatable bonds is 1. The minimum atomic E-state index is 0.729. The Morgan fingerprint density at radius 3 is 1.94 bits per heavy atom. The number of hydrogen-bond donors (Lipinski definition) is 0. The Bertz CT molecular complexity index is 895. The second-order valence-electron chi connectivity index (χ2n) is 6.23. The fourth-order valence-electron chi connectivity index (χ4n) is 2.98. The van der Waals surface area contributed by atoms with Gasteiger partial charge in [0.2, 0.25) is 0 Å². The van der Waals surface area contributed by atoms with Crippen LogP contribution in [0.1, 0.15) is 74.9 Å². The zero-order valence-electron chi connectivity index (χ0n) is 20.7. The van der Waals surface area contributed by atoms with Gasteiger partial charge < -0.3 is 4.90 Å². The summed E-state index contributed by atoms with van der Waals surface area (Å²) in [4.78, 5) is 2.06. The van der Waals surface area contributed by atoms with Crippen molar-refractivity contribution >= 4 is 5.70 Å². The third-order valence-electron chi connectivity index (χ3n) is 4.31. The van der Waals surface area contributed by atoms with E-state index in [0.29, 0.717) is 0 Å². The van der Waals surface area contributed by atoms with Crippen molar-refractivity contribution in [3.05, 3.63) is 89.0 Å². The van der Waals surface area contributed by atoms with Gasteiger partial charge >= 0.3 is 0 Å². The van der Waals surface area contributed by atoms with Crippen LogP contribution in [-0.2, 0) is 13.0 Å². The minimum absolute atomic E-state index is 0.729. The van der Waals surface area contributed by atoms with Gasteiger partial charge in [-0.3, -0.25) is 0 Å². The minimum Gasteiger partial charge on any atom is -0.370 e. The molecular formula is C28H39N3. The smallest absolute Gasteiger partial charge is 0.0998 e. The van der Waals surface area contributed by atoms with E-state index in [0.717, 1.165) is 35.4 Å². The van der Waals surface area contributed by atoms with Crippen LogP contribution in [0.5, 0.6) is 0 Å². The van der Waals surface area contributed by atoms with Gasteiger partial charge in [-0.1, -0.05) is 71.5 Å². The van der Waals surface area contributed by atoms with E-state index in [1.807, 2.05) is 85.0 Å². The molecule has 1 heterocycles. The average molecular weight is 418 g/mol. The predicted molar refractivity (Wildman–Crippen MR) is 135 cm³/mol. The lowest BCUT2D eigenvalue weighted by Gasteiger charge is -2.10. The van der Waals surface area contributed by atoms with Crippen molar-refractivity contribution in [2.75, 3.05) is 7.05 Å². The number of hydrogen-bond acceptors (Lipinski definition) is 3. The molecule has 3 nitrogen and oxygen atoms in total. The molecule has 0 spiro atoms. The predicted octanol–water partition coefficient (Wildman–Crippen LogP) is 7.65. The van der Waals surface area contributed by atoms with Crippen molar-refractivity contribution in [2.45, 2.75) is 61.4 Å². The maximum atomic E-state index is 8.90. The van der Waals surface area contributed by atoms with E-state index in [4.69, 9.17) is 10.5 Å². The number of nitriles is 2. The fraction of sp³-hybridized carbons (Fsp3) is 0.357. The molecule has 0 saturated heterocycles. The highest BCUT2D eigenvalue weighted by Crippen LogP contribution is 2.32. The van der Waals surface area contributed by atoms with Crippen molar-refractivity contribution in [3.63, 3.8) is 0 Å². The summed E-state index contributed by atoms with van der Waals surface area (Å²) in [5.41, 5.74) is 7.10. The molecule has 2 aromatic rings. The van der Waals surface area contributed by atoms with Crippen LogP contribution < -0.4 is 0 Å². The zero-order valence-corrected chi connectivity index (χ0v) is 20.7. The first-order valence-corrected chi connectivity index (χ1v) is 10.9. The van der Waals surface area contributed by atoms with E-state index in [1.54, 1.807) is 6.08 Å². The maximum Gasteiger partial charge on any atom is 0.0998 e. The Hall–Kier alpha value is -3.30. The summed E-state index contributed by atoms with van der Waals surface area (Å²) in [6.45, 7) is 22.2. The van der Waals surface area contributed by atoms with Gasteiger partial charge in [0.05, 0.1) is 23.3 Å². The molecule has 0 atom stereocenters. The quantitative estimate of drug-likeness (QED) is 0.448. The average Bonchev–Trinajstić information content (AvgIpc) is 3.11. The fourth-order valence-corrected chi connectivity index (χ4v) is 2.98. The third-order valence-corrected chi connectivity index (χ3v) is 4.31. The van der Waals surface area contributed by atoms with Crippen LogP contribution in [0.25, 0.3) is 5.70 Å². The molecule has 0 unspecified atom stereocenters. The first-order chi connectivity index (χ1) is 14.9. The lowest BCUT2D eigenvalue weighted by molar-refractivity contribution is 0.501. The number of benzene rings is 2. The first kappa shape index (κ1) is 29.9. The Morgan fingerprint density at radius 1 is 1.00 bits per heavy atom. The van der Waals surface area contributed by atoms with E-state index in [1.165, 1.54) is 16.7 Å². The second kappa shape index (κ2) is 17.5.